The van der Waals surface area contributed by atoms with E-state index < -0.39 is 11.7 Å². The maximum absolute atomic E-state index is 14.1. The molecule has 26 heavy (non-hydrogen) atoms. The van der Waals surface area contributed by atoms with E-state index in [-0.39, 0.29) is 11.5 Å². The van der Waals surface area contributed by atoms with Crippen molar-refractivity contribution < 1.29 is 9.13 Å². The minimum atomic E-state index is -0.481. The lowest BCUT2D eigenvalue weighted by atomic mass is 9.88. The minimum Gasteiger partial charge on any atom is -0.439 e. The highest BCUT2D eigenvalue weighted by Gasteiger charge is 2.35. The van der Waals surface area contributed by atoms with Crippen LogP contribution >= 0.6 is 27.3 Å². The molecular formula is C19H13BrFN3OS. The van der Waals surface area contributed by atoms with Crippen LogP contribution in [0.4, 0.5) is 4.39 Å². The fourth-order valence-corrected chi connectivity index (χ4v) is 4.89. The third-order valence-electron chi connectivity index (χ3n) is 4.39. The van der Waals surface area contributed by atoms with Gasteiger partial charge in [0.05, 0.1) is 20.7 Å². The molecule has 0 amide bonds. The summed E-state index contributed by atoms with van der Waals surface area (Å²) >= 11 is 4.62. The molecule has 2 aromatic heterocycles. The molecule has 1 aliphatic heterocycles. The number of rotatable bonds is 1. The summed E-state index contributed by atoms with van der Waals surface area (Å²) in [5, 5.41) is 10.5. The Morgan fingerprint density at radius 1 is 1.35 bits per heavy atom. The number of halogens is 2. The summed E-state index contributed by atoms with van der Waals surface area (Å²) in [7, 11) is 0. The molecule has 130 valence electrons. The van der Waals surface area contributed by atoms with Gasteiger partial charge in [0, 0.05) is 5.69 Å². The van der Waals surface area contributed by atoms with Gasteiger partial charge in [0.2, 0.25) is 5.88 Å². The summed E-state index contributed by atoms with van der Waals surface area (Å²) in [5.74, 6) is -0.212. The second-order valence-corrected chi connectivity index (χ2v) is 8.04. The van der Waals surface area contributed by atoms with E-state index in [0.717, 1.165) is 26.4 Å². The Balaban J connectivity index is 2.03. The van der Waals surface area contributed by atoms with E-state index in [2.05, 4.69) is 27.0 Å². The topological polar surface area (TPSA) is 71.9 Å². The summed E-state index contributed by atoms with van der Waals surface area (Å²) < 4.78 is 20.3. The largest absolute Gasteiger partial charge is 0.439 e. The number of aryl methyl sites for hydroxylation is 2. The van der Waals surface area contributed by atoms with Gasteiger partial charge in [-0.3, -0.25) is 0 Å². The van der Waals surface area contributed by atoms with E-state index in [1.165, 1.54) is 17.4 Å². The van der Waals surface area contributed by atoms with Gasteiger partial charge < -0.3 is 10.5 Å². The molecule has 1 aromatic carbocycles. The molecule has 1 aliphatic rings. The number of benzene rings is 1. The number of allylic oxidation sites excluding steroid dienone is 1. The van der Waals surface area contributed by atoms with Crippen molar-refractivity contribution >= 4 is 37.5 Å². The molecule has 0 unspecified atom stereocenters. The van der Waals surface area contributed by atoms with Crippen molar-refractivity contribution in [1.29, 1.82) is 5.26 Å². The van der Waals surface area contributed by atoms with Crippen molar-refractivity contribution in [1.82, 2.24) is 4.98 Å². The standard InChI is InChI=1S/C19H13BrFN3OS/c1-8-5-9(2)24-19-14(8)16-17(26-19)15(11(7-22)18(23)25-16)10-3-4-12(20)13(21)6-10/h3-6,15H,23H2,1-2H3/t15-/m1/s1. The molecule has 0 spiro atoms. The molecular weight excluding hydrogens is 417 g/mol. The number of aromatic nitrogens is 1. The highest BCUT2D eigenvalue weighted by atomic mass is 79.9. The zero-order chi connectivity index (χ0) is 18.6. The van der Waals surface area contributed by atoms with E-state index in [9.17, 15) is 9.65 Å². The molecule has 0 radical (unpaired) electrons. The maximum Gasteiger partial charge on any atom is 0.205 e. The Morgan fingerprint density at radius 3 is 2.81 bits per heavy atom. The van der Waals surface area contributed by atoms with Gasteiger partial charge in [-0.2, -0.15) is 5.26 Å². The van der Waals surface area contributed by atoms with Crippen LogP contribution in [0.3, 0.4) is 0 Å². The number of thiophene rings is 1. The number of nitrogens with two attached hydrogens (primary N) is 1. The predicted molar refractivity (Wildman–Crippen MR) is 102 cm³/mol. The van der Waals surface area contributed by atoms with Crippen LogP contribution in [0.15, 0.2) is 40.2 Å². The molecule has 1 atom stereocenters. The Hall–Kier alpha value is -2.43. The third kappa shape index (κ3) is 2.49. The highest BCUT2D eigenvalue weighted by Crippen LogP contribution is 2.50. The van der Waals surface area contributed by atoms with Gasteiger partial charge in [0.15, 0.2) is 5.75 Å². The van der Waals surface area contributed by atoms with Crippen LogP contribution in [0.5, 0.6) is 5.75 Å². The summed E-state index contributed by atoms with van der Waals surface area (Å²) in [6, 6.07) is 8.95. The lowest BCUT2D eigenvalue weighted by molar-refractivity contribution is 0.401. The molecule has 3 aromatic rings. The summed E-state index contributed by atoms with van der Waals surface area (Å²) in [5.41, 5.74) is 8.90. The number of hydrogen-bond donors (Lipinski definition) is 1. The first-order valence-electron chi connectivity index (χ1n) is 7.84. The summed E-state index contributed by atoms with van der Waals surface area (Å²) in [4.78, 5) is 6.23. The molecule has 2 N–H and O–H groups in total. The van der Waals surface area contributed by atoms with Gasteiger partial charge in [-0.25, -0.2) is 9.37 Å². The Morgan fingerprint density at radius 2 is 2.12 bits per heavy atom. The van der Waals surface area contributed by atoms with Crippen LogP contribution in [-0.4, -0.2) is 4.98 Å². The zero-order valence-electron chi connectivity index (χ0n) is 13.9. The van der Waals surface area contributed by atoms with E-state index >= 15 is 0 Å². The average molecular weight is 430 g/mol. The average Bonchev–Trinajstić information content (AvgIpc) is 2.94. The van der Waals surface area contributed by atoms with Crippen molar-refractivity contribution in [3.63, 3.8) is 0 Å². The Bertz CT molecular complexity index is 1150. The van der Waals surface area contributed by atoms with E-state index in [1.54, 1.807) is 12.1 Å². The Labute approximate surface area is 161 Å². The van der Waals surface area contributed by atoms with Gasteiger partial charge in [-0.05, 0) is 59.1 Å². The monoisotopic (exact) mass is 429 g/mol. The van der Waals surface area contributed by atoms with Crippen molar-refractivity contribution in [2.24, 2.45) is 5.73 Å². The van der Waals surface area contributed by atoms with Crippen LogP contribution in [0.2, 0.25) is 0 Å². The van der Waals surface area contributed by atoms with Gasteiger partial charge in [0.1, 0.15) is 22.3 Å². The van der Waals surface area contributed by atoms with Crippen molar-refractivity contribution in [3.05, 3.63) is 67.7 Å². The lowest BCUT2D eigenvalue weighted by Gasteiger charge is -2.24. The number of nitrogens with zero attached hydrogens (tertiary/aromatic N) is 2. The molecule has 0 saturated heterocycles. The zero-order valence-corrected chi connectivity index (χ0v) is 16.3. The smallest absolute Gasteiger partial charge is 0.205 e. The first kappa shape index (κ1) is 17.0. The molecule has 4 rings (SSSR count). The van der Waals surface area contributed by atoms with Gasteiger partial charge >= 0.3 is 0 Å². The fourth-order valence-electron chi connectivity index (χ4n) is 3.29. The molecule has 0 bridgehead atoms. The number of nitriles is 1. The van der Waals surface area contributed by atoms with E-state index in [0.29, 0.717) is 15.8 Å². The molecule has 0 saturated carbocycles. The minimum absolute atomic E-state index is 0.0491. The van der Waals surface area contributed by atoms with Crippen molar-refractivity contribution in [2.75, 3.05) is 0 Å². The quantitative estimate of drug-likeness (QED) is 0.588. The van der Waals surface area contributed by atoms with Crippen molar-refractivity contribution in [3.8, 4) is 11.8 Å². The van der Waals surface area contributed by atoms with E-state index in [1.807, 2.05) is 19.9 Å². The SMILES string of the molecule is Cc1cc(C)c2c3c(sc2n1)[C@H](c1ccc(Br)c(F)c1)C(C#N)=C(N)O3. The number of hydrogen-bond acceptors (Lipinski definition) is 5. The molecule has 0 fully saturated rings. The molecule has 7 heteroatoms. The fraction of sp³-hybridized carbons (Fsp3) is 0.158. The van der Waals surface area contributed by atoms with Gasteiger partial charge in [0.25, 0.3) is 0 Å². The van der Waals surface area contributed by atoms with Crippen LogP contribution in [0.25, 0.3) is 10.2 Å². The van der Waals surface area contributed by atoms with Gasteiger partial charge in [-0.15, -0.1) is 11.3 Å². The number of fused-ring (bicyclic) bond motifs is 3. The van der Waals surface area contributed by atoms with Crippen molar-refractivity contribution in [2.45, 2.75) is 19.8 Å². The van der Waals surface area contributed by atoms with Crippen LogP contribution < -0.4 is 10.5 Å². The third-order valence-corrected chi connectivity index (χ3v) is 6.17. The van der Waals surface area contributed by atoms with Crippen LogP contribution in [0.1, 0.15) is 27.6 Å². The number of pyridine rings is 1. The van der Waals surface area contributed by atoms with Crippen LogP contribution in [-0.2, 0) is 0 Å². The summed E-state index contributed by atoms with van der Waals surface area (Å²) in [6.45, 7) is 3.92. The summed E-state index contributed by atoms with van der Waals surface area (Å²) in [6.07, 6.45) is 0. The highest BCUT2D eigenvalue weighted by molar-refractivity contribution is 9.10. The predicted octanol–water partition coefficient (Wildman–Crippen LogP) is 5.03. The second kappa shape index (κ2) is 6.08. The molecule has 3 heterocycles. The maximum atomic E-state index is 14.1. The Kier molecular flexibility index (Phi) is 3.98. The van der Waals surface area contributed by atoms with Gasteiger partial charge in [-0.1, -0.05) is 6.07 Å². The first-order chi connectivity index (χ1) is 12.4. The first-order valence-corrected chi connectivity index (χ1v) is 9.44. The normalized spacial score (nSPS) is 16.3. The number of ether oxygens (including phenoxy) is 1. The lowest BCUT2D eigenvalue weighted by Crippen LogP contribution is -2.20. The second-order valence-electron chi connectivity index (χ2n) is 6.15. The van der Waals surface area contributed by atoms with E-state index in [4.69, 9.17) is 10.5 Å². The molecule has 0 aliphatic carbocycles. The molecule has 4 nitrogen and oxygen atoms in total. The van der Waals surface area contributed by atoms with Crippen LogP contribution in [0, 0.1) is 31.0 Å².